The van der Waals surface area contributed by atoms with Gasteiger partial charge in [-0.2, -0.15) is 0 Å². The van der Waals surface area contributed by atoms with Crippen LogP contribution in [-0.2, 0) is 4.74 Å². The molecule has 0 radical (unpaired) electrons. The largest absolute Gasteiger partial charge is 0.394 e. The molecule has 94 valence electrons. The number of hydrogen-bond acceptors (Lipinski definition) is 3. The van der Waals surface area contributed by atoms with Crippen molar-refractivity contribution in [2.45, 2.75) is 57.7 Å². The van der Waals surface area contributed by atoms with Crippen LogP contribution in [0, 0.1) is 11.3 Å². The van der Waals surface area contributed by atoms with E-state index >= 15 is 0 Å². The van der Waals surface area contributed by atoms with Crippen molar-refractivity contribution in [2.75, 3.05) is 13.2 Å². The van der Waals surface area contributed by atoms with Crippen LogP contribution >= 0.6 is 0 Å². The molecular weight excluding hydrogens is 204 g/mol. The summed E-state index contributed by atoms with van der Waals surface area (Å²) in [5.41, 5.74) is -0.461. The zero-order valence-electron chi connectivity index (χ0n) is 10.4. The van der Waals surface area contributed by atoms with Crippen LogP contribution in [0.15, 0.2) is 0 Å². The average Bonchev–Trinajstić information content (AvgIpc) is 2.49. The van der Waals surface area contributed by atoms with E-state index in [0.717, 1.165) is 32.1 Å². The van der Waals surface area contributed by atoms with E-state index in [4.69, 9.17) is 9.84 Å². The van der Waals surface area contributed by atoms with E-state index in [0.29, 0.717) is 12.5 Å². The summed E-state index contributed by atoms with van der Waals surface area (Å²) in [5, 5.41) is 19.5. The van der Waals surface area contributed by atoms with Crippen molar-refractivity contribution in [3.63, 3.8) is 0 Å². The highest BCUT2D eigenvalue weighted by Gasteiger charge is 2.57. The maximum absolute atomic E-state index is 10.8. The molecule has 0 aromatic carbocycles. The first-order valence-corrected chi connectivity index (χ1v) is 6.47. The van der Waals surface area contributed by atoms with E-state index in [1.54, 1.807) is 0 Å². The molecule has 3 heteroatoms. The molecule has 0 amide bonds. The van der Waals surface area contributed by atoms with Gasteiger partial charge in [-0.1, -0.05) is 13.8 Å². The molecule has 0 saturated heterocycles. The topological polar surface area (TPSA) is 49.7 Å². The SMILES string of the molecule is CC1CCC2(O)CC(OCCO)CCC12C. The van der Waals surface area contributed by atoms with Crippen molar-refractivity contribution in [1.82, 2.24) is 0 Å². The Balaban J connectivity index is 2.03. The molecular formula is C13H24O3. The second kappa shape index (κ2) is 4.28. The van der Waals surface area contributed by atoms with Crippen molar-refractivity contribution < 1.29 is 14.9 Å². The van der Waals surface area contributed by atoms with Gasteiger partial charge in [0.1, 0.15) is 0 Å². The van der Waals surface area contributed by atoms with E-state index in [9.17, 15) is 5.11 Å². The lowest BCUT2D eigenvalue weighted by atomic mass is 9.62. The van der Waals surface area contributed by atoms with Gasteiger partial charge in [-0.05, 0) is 37.0 Å². The Morgan fingerprint density at radius 2 is 2.06 bits per heavy atom. The van der Waals surface area contributed by atoms with E-state index in [-0.39, 0.29) is 18.1 Å². The normalized spacial score (nSPS) is 48.0. The summed E-state index contributed by atoms with van der Waals surface area (Å²) >= 11 is 0. The maximum Gasteiger partial charge on any atom is 0.0728 e. The maximum atomic E-state index is 10.8. The molecule has 0 bridgehead atoms. The molecule has 2 fully saturated rings. The molecule has 2 aliphatic carbocycles. The van der Waals surface area contributed by atoms with Crippen LogP contribution in [0.3, 0.4) is 0 Å². The molecule has 2 saturated carbocycles. The molecule has 3 nitrogen and oxygen atoms in total. The predicted octanol–water partition coefficient (Wildman–Crippen LogP) is 1.72. The van der Waals surface area contributed by atoms with Crippen LogP contribution in [0.1, 0.15) is 46.0 Å². The Bertz CT molecular complexity index is 256. The monoisotopic (exact) mass is 228 g/mol. The van der Waals surface area contributed by atoms with Gasteiger partial charge in [0.05, 0.1) is 24.9 Å². The lowest BCUT2D eigenvalue weighted by Crippen LogP contribution is -2.51. The Morgan fingerprint density at radius 3 is 2.75 bits per heavy atom. The van der Waals surface area contributed by atoms with Crippen molar-refractivity contribution in [3.8, 4) is 0 Å². The number of fused-ring (bicyclic) bond motifs is 1. The highest BCUT2D eigenvalue weighted by Crippen LogP contribution is 2.58. The van der Waals surface area contributed by atoms with Crippen LogP contribution in [0.4, 0.5) is 0 Å². The first-order valence-electron chi connectivity index (χ1n) is 6.47. The molecule has 4 unspecified atom stereocenters. The minimum atomic E-state index is -0.537. The Kier molecular flexibility index (Phi) is 3.30. The third-order valence-corrected chi connectivity index (χ3v) is 5.14. The fraction of sp³-hybridized carbons (Fsp3) is 1.00. The van der Waals surface area contributed by atoms with Crippen molar-refractivity contribution in [2.24, 2.45) is 11.3 Å². The van der Waals surface area contributed by atoms with Crippen LogP contribution in [0.2, 0.25) is 0 Å². The number of hydrogen-bond donors (Lipinski definition) is 2. The highest BCUT2D eigenvalue weighted by atomic mass is 16.5. The highest BCUT2D eigenvalue weighted by molar-refractivity contribution is 5.08. The second-order valence-corrected chi connectivity index (χ2v) is 5.85. The molecule has 0 spiro atoms. The summed E-state index contributed by atoms with van der Waals surface area (Å²) in [5.74, 6) is 0.608. The fourth-order valence-corrected chi connectivity index (χ4v) is 3.63. The molecule has 0 aromatic heterocycles. The number of aliphatic hydroxyl groups excluding tert-OH is 1. The van der Waals surface area contributed by atoms with Gasteiger partial charge < -0.3 is 14.9 Å². The van der Waals surface area contributed by atoms with E-state index < -0.39 is 5.60 Å². The third-order valence-electron chi connectivity index (χ3n) is 5.14. The number of ether oxygens (including phenoxy) is 1. The van der Waals surface area contributed by atoms with Crippen LogP contribution < -0.4 is 0 Å². The zero-order chi connectivity index (χ0) is 11.8. The molecule has 16 heavy (non-hydrogen) atoms. The summed E-state index contributed by atoms with van der Waals surface area (Å²) in [4.78, 5) is 0. The second-order valence-electron chi connectivity index (χ2n) is 5.85. The summed E-state index contributed by atoms with van der Waals surface area (Å²) in [6.45, 7) is 4.95. The van der Waals surface area contributed by atoms with E-state index in [1.807, 2.05) is 0 Å². The Hall–Kier alpha value is -0.120. The molecule has 0 aromatic rings. The average molecular weight is 228 g/mol. The van der Waals surface area contributed by atoms with Gasteiger partial charge in [-0.3, -0.25) is 0 Å². The van der Waals surface area contributed by atoms with E-state index in [2.05, 4.69) is 13.8 Å². The van der Waals surface area contributed by atoms with Gasteiger partial charge in [-0.15, -0.1) is 0 Å². The van der Waals surface area contributed by atoms with Gasteiger partial charge in [0.2, 0.25) is 0 Å². The minimum absolute atomic E-state index is 0.0720. The first-order chi connectivity index (χ1) is 7.52. The lowest BCUT2D eigenvalue weighted by Gasteiger charge is -2.48. The fourth-order valence-electron chi connectivity index (χ4n) is 3.63. The summed E-state index contributed by atoms with van der Waals surface area (Å²) < 4.78 is 5.58. The van der Waals surface area contributed by atoms with E-state index in [1.165, 1.54) is 0 Å². The molecule has 2 aliphatic rings. The minimum Gasteiger partial charge on any atom is -0.394 e. The van der Waals surface area contributed by atoms with Gasteiger partial charge in [0, 0.05) is 6.42 Å². The third kappa shape index (κ3) is 1.79. The standard InChI is InChI=1S/C13H24O3/c1-10-3-6-13(15)9-11(16-8-7-14)4-5-12(10,13)2/h10-11,14-15H,3-9H2,1-2H3. The molecule has 2 N–H and O–H groups in total. The predicted molar refractivity (Wildman–Crippen MR) is 62.1 cm³/mol. The van der Waals surface area contributed by atoms with Crippen LogP contribution in [-0.4, -0.2) is 35.1 Å². The molecule has 0 aliphatic heterocycles. The molecule has 0 heterocycles. The summed E-state index contributed by atoms with van der Waals surface area (Å²) in [6, 6.07) is 0. The quantitative estimate of drug-likeness (QED) is 0.773. The summed E-state index contributed by atoms with van der Waals surface area (Å²) in [6.07, 6.45) is 4.97. The number of aliphatic hydroxyl groups is 2. The van der Waals surface area contributed by atoms with Gasteiger partial charge >= 0.3 is 0 Å². The smallest absolute Gasteiger partial charge is 0.0728 e. The van der Waals surface area contributed by atoms with Gasteiger partial charge in [0.25, 0.3) is 0 Å². The lowest BCUT2D eigenvalue weighted by molar-refractivity contribution is -0.143. The summed E-state index contributed by atoms with van der Waals surface area (Å²) in [7, 11) is 0. The Morgan fingerprint density at radius 1 is 1.31 bits per heavy atom. The molecule has 2 rings (SSSR count). The number of rotatable bonds is 3. The van der Waals surface area contributed by atoms with Gasteiger partial charge in [0.15, 0.2) is 0 Å². The zero-order valence-corrected chi connectivity index (χ0v) is 10.4. The Labute approximate surface area is 97.8 Å². The van der Waals surface area contributed by atoms with Crippen LogP contribution in [0.25, 0.3) is 0 Å². The van der Waals surface area contributed by atoms with Crippen LogP contribution in [0.5, 0.6) is 0 Å². The van der Waals surface area contributed by atoms with Crippen molar-refractivity contribution in [1.29, 1.82) is 0 Å². The van der Waals surface area contributed by atoms with Crippen molar-refractivity contribution >= 4 is 0 Å². The van der Waals surface area contributed by atoms with Gasteiger partial charge in [-0.25, -0.2) is 0 Å². The first kappa shape index (κ1) is 12.3. The van der Waals surface area contributed by atoms with Crippen molar-refractivity contribution in [3.05, 3.63) is 0 Å². The molecule has 4 atom stereocenters.